The lowest BCUT2D eigenvalue weighted by atomic mass is 10.4. The Labute approximate surface area is 142 Å². The number of carbonyl (C=O) groups is 1. The maximum absolute atomic E-state index is 12.1. The molecule has 0 radical (unpaired) electrons. The number of ether oxygens (including phenoxy) is 1. The van der Waals surface area contributed by atoms with Crippen LogP contribution in [0.1, 0.15) is 10.7 Å². The van der Waals surface area contributed by atoms with Gasteiger partial charge in [-0.25, -0.2) is 14.8 Å². The van der Waals surface area contributed by atoms with Crippen molar-refractivity contribution in [3.63, 3.8) is 0 Å². The molecule has 1 amide bonds. The van der Waals surface area contributed by atoms with Crippen LogP contribution in [0.3, 0.4) is 0 Å². The van der Waals surface area contributed by atoms with Crippen molar-refractivity contribution >= 4 is 33.9 Å². The number of amides is 1. The summed E-state index contributed by atoms with van der Waals surface area (Å²) in [5.74, 6) is 0.639. The van der Waals surface area contributed by atoms with Gasteiger partial charge in [0, 0.05) is 11.9 Å². The van der Waals surface area contributed by atoms with Crippen LogP contribution < -0.4 is 15.4 Å². The van der Waals surface area contributed by atoms with E-state index in [4.69, 9.17) is 4.74 Å². The van der Waals surface area contributed by atoms with E-state index < -0.39 is 6.09 Å². The van der Waals surface area contributed by atoms with Gasteiger partial charge in [0.05, 0.1) is 16.9 Å². The van der Waals surface area contributed by atoms with Gasteiger partial charge in [-0.15, -0.1) is 0 Å². The second kappa shape index (κ2) is 7.05. The predicted octanol–water partition coefficient (Wildman–Crippen LogP) is 3.90. The van der Waals surface area contributed by atoms with Crippen LogP contribution in [0.15, 0.2) is 42.7 Å². The SMILES string of the molecule is Cc1cccc(NC(=O)Oc2nc(C)sc2Nc2cccnc2)n1. The van der Waals surface area contributed by atoms with Crippen molar-refractivity contribution in [2.24, 2.45) is 0 Å². The third-order valence-corrected chi connectivity index (χ3v) is 3.80. The molecule has 0 aliphatic rings. The smallest absolute Gasteiger partial charge is 0.388 e. The van der Waals surface area contributed by atoms with E-state index in [-0.39, 0.29) is 5.88 Å². The molecular weight excluding hydrogens is 326 g/mol. The van der Waals surface area contributed by atoms with Gasteiger partial charge in [-0.2, -0.15) is 0 Å². The Kier molecular flexibility index (Phi) is 4.66. The zero-order chi connectivity index (χ0) is 16.9. The second-order valence-electron chi connectivity index (χ2n) is 4.91. The highest BCUT2D eigenvalue weighted by Crippen LogP contribution is 2.33. The number of hydrogen-bond donors (Lipinski definition) is 2. The Morgan fingerprint density at radius 1 is 1.17 bits per heavy atom. The molecule has 24 heavy (non-hydrogen) atoms. The van der Waals surface area contributed by atoms with Crippen molar-refractivity contribution in [2.45, 2.75) is 13.8 Å². The highest BCUT2D eigenvalue weighted by atomic mass is 32.1. The Bertz CT molecular complexity index is 851. The van der Waals surface area contributed by atoms with Gasteiger partial charge in [-0.1, -0.05) is 17.4 Å². The topological polar surface area (TPSA) is 89.0 Å². The second-order valence-corrected chi connectivity index (χ2v) is 6.12. The summed E-state index contributed by atoms with van der Waals surface area (Å²) >= 11 is 1.39. The molecule has 2 N–H and O–H groups in total. The first-order valence-corrected chi connectivity index (χ1v) is 7.99. The summed E-state index contributed by atoms with van der Waals surface area (Å²) in [6, 6.07) is 9.02. The summed E-state index contributed by atoms with van der Waals surface area (Å²) in [5, 5.41) is 7.14. The fourth-order valence-electron chi connectivity index (χ4n) is 1.95. The van der Waals surface area contributed by atoms with Gasteiger partial charge in [0.2, 0.25) is 0 Å². The number of nitrogens with one attached hydrogen (secondary N) is 2. The van der Waals surface area contributed by atoms with Crippen molar-refractivity contribution in [3.8, 4) is 5.88 Å². The van der Waals surface area contributed by atoms with Crippen LogP contribution >= 0.6 is 11.3 Å². The highest BCUT2D eigenvalue weighted by molar-refractivity contribution is 7.16. The molecule has 0 atom stereocenters. The van der Waals surface area contributed by atoms with Crippen molar-refractivity contribution in [3.05, 3.63) is 53.4 Å². The molecule has 0 saturated heterocycles. The zero-order valence-corrected chi connectivity index (χ0v) is 13.9. The molecule has 8 heteroatoms. The van der Waals surface area contributed by atoms with Gasteiger partial charge < -0.3 is 10.1 Å². The molecular formula is C16H15N5O2S. The monoisotopic (exact) mass is 341 g/mol. The Hall–Kier alpha value is -3.00. The van der Waals surface area contributed by atoms with Gasteiger partial charge in [0.15, 0.2) is 5.00 Å². The fraction of sp³-hybridized carbons (Fsp3) is 0.125. The minimum Gasteiger partial charge on any atom is -0.388 e. The van der Waals surface area contributed by atoms with Crippen LogP contribution in [0.2, 0.25) is 0 Å². The highest BCUT2D eigenvalue weighted by Gasteiger charge is 2.15. The van der Waals surface area contributed by atoms with Crippen molar-refractivity contribution in [2.75, 3.05) is 10.6 Å². The van der Waals surface area contributed by atoms with E-state index in [0.29, 0.717) is 10.8 Å². The summed E-state index contributed by atoms with van der Waals surface area (Å²) in [6.45, 7) is 3.68. The van der Waals surface area contributed by atoms with Gasteiger partial charge >= 0.3 is 6.09 Å². The Balaban J connectivity index is 1.71. The molecule has 0 saturated carbocycles. The number of pyridine rings is 2. The molecule has 0 spiro atoms. The Morgan fingerprint density at radius 2 is 2.04 bits per heavy atom. The molecule has 0 aliphatic heterocycles. The first-order chi connectivity index (χ1) is 11.6. The third-order valence-electron chi connectivity index (χ3n) is 2.93. The van der Waals surface area contributed by atoms with Crippen LogP contribution in [-0.2, 0) is 0 Å². The van der Waals surface area contributed by atoms with Gasteiger partial charge in [-0.3, -0.25) is 10.3 Å². The molecule has 3 heterocycles. The molecule has 0 bridgehead atoms. The lowest BCUT2D eigenvalue weighted by molar-refractivity contribution is 0.213. The van der Waals surface area contributed by atoms with E-state index >= 15 is 0 Å². The van der Waals surface area contributed by atoms with Gasteiger partial charge in [-0.05, 0) is 38.1 Å². The maximum atomic E-state index is 12.1. The number of hydrogen-bond acceptors (Lipinski definition) is 7. The zero-order valence-electron chi connectivity index (χ0n) is 13.1. The van der Waals surface area contributed by atoms with Crippen LogP contribution in [0.25, 0.3) is 0 Å². The van der Waals surface area contributed by atoms with Gasteiger partial charge in [0.25, 0.3) is 5.88 Å². The molecule has 3 aromatic rings. The van der Waals surface area contributed by atoms with Crippen molar-refractivity contribution in [1.29, 1.82) is 0 Å². The lowest BCUT2D eigenvalue weighted by Crippen LogP contribution is -2.18. The molecule has 0 aromatic carbocycles. The molecule has 3 rings (SSSR count). The largest absolute Gasteiger partial charge is 0.419 e. The average molecular weight is 341 g/mol. The number of aromatic nitrogens is 3. The summed E-state index contributed by atoms with van der Waals surface area (Å²) < 4.78 is 5.31. The van der Waals surface area contributed by atoms with Crippen LogP contribution in [0.4, 0.5) is 21.3 Å². The normalized spacial score (nSPS) is 10.2. The lowest BCUT2D eigenvalue weighted by Gasteiger charge is -2.07. The molecule has 0 unspecified atom stereocenters. The van der Waals surface area contributed by atoms with E-state index in [9.17, 15) is 4.79 Å². The van der Waals surface area contributed by atoms with E-state index in [1.54, 1.807) is 24.5 Å². The molecule has 122 valence electrons. The number of anilines is 3. The maximum Gasteiger partial charge on any atom is 0.419 e. The van der Waals surface area contributed by atoms with Crippen molar-refractivity contribution < 1.29 is 9.53 Å². The minimum absolute atomic E-state index is 0.214. The first kappa shape index (κ1) is 15.9. The van der Waals surface area contributed by atoms with Crippen LogP contribution in [0.5, 0.6) is 5.88 Å². The average Bonchev–Trinajstić information content (AvgIpc) is 2.87. The minimum atomic E-state index is -0.646. The number of carbonyl (C=O) groups excluding carboxylic acids is 1. The van der Waals surface area contributed by atoms with E-state index in [0.717, 1.165) is 16.4 Å². The van der Waals surface area contributed by atoms with E-state index in [2.05, 4.69) is 25.6 Å². The first-order valence-electron chi connectivity index (χ1n) is 7.17. The number of thiazole rings is 1. The summed E-state index contributed by atoms with van der Waals surface area (Å²) in [7, 11) is 0. The summed E-state index contributed by atoms with van der Waals surface area (Å²) in [4.78, 5) is 24.5. The van der Waals surface area contributed by atoms with E-state index in [1.165, 1.54) is 11.3 Å². The van der Waals surface area contributed by atoms with Crippen LogP contribution in [0, 0.1) is 13.8 Å². The Morgan fingerprint density at radius 3 is 2.79 bits per heavy atom. The number of nitrogens with zero attached hydrogens (tertiary/aromatic N) is 3. The fourth-order valence-corrected chi connectivity index (χ4v) is 2.72. The summed E-state index contributed by atoms with van der Waals surface area (Å²) in [6.07, 6.45) is 2.71. The summed E-state index contributed by atoms with van der Waals surface area (Å²) in [5.41, 5.74) is 1.59. The molecule has 3 aromatic heterocycles. The predicted molar refractivity (Wildman–Crippen MR) is 93.0 cm³/mol. The molecule has 0 fully saturated rings. The van der Waals surface area contributed by atoms with Gasteiger partial charge in [0.1, 0.15) is 5.82 Å². The standard InChI is InChI=1S/C16H15N5O2S/c1-10-5-3-7-13(18-10)21-16(22)23-14-15(24-11(2)19-14)20-12-6-4-8-17-9-12/h3-9,20H,1-2H3,(H,18,21,22). The van der Waals surface area contributed by atoms with Crippen molar-refractivity contribution in [1.82, 2.24) is 15.0 Å². The molecule has 0 aliphatic carbocycles. The van der Waals surface area contributed by atoms with Crippen LogP contribution in [-0.4, -0.2) is 21.0 Å². The number of rotatable bonds is 4. The van der Waals surface area contributed by atoms with E-state index in [1.807, 2.05) is 32.0 Å². The molecule has 7 nitrogen and oxygen atoms in total. The quantitative estimate of drug-likeness (QED) is 0.748. The number of aryl methyl sites for hydroxylation is 2. The third kappa shape index (κ3) is 4.05.